The molecule has 2 unspecified atom stereocenters. The maximum atomic E-state index is 12.1. The van der Waals surface area contributed by atoms with Gasteiger partial charge in [-0.1, -0.05) is 24.4 Å². The lowest BCUT2D eigenvalue weighted by Gasteiger charge is -2.27. The minimum absolute atomic E-state index is 0.0424. The number of aromatic nitrogens is 1. The SMILES string of the molecule is NC1CCCCC1C(=O)Nc1cccnc1Cl. The zero-order valence-corrected chi connectivity index (χ0v) is 10.3. The monoisotopic (exact) mass is 253 g/mol. The van der Waals surface area contributed by atoms with E-state index in [2.05, 4.69) is 10.3 Å². The molecule has 0 aliphatic heterocycles. The standard InChI is InChI=1S/C12H16ClN3O/c13-11-10(6-3-7-15-11)16-12(17)8-4-1-2-5-9(8)14/h3,6-9H,1-2,4-5,14H2,(H,16,17). The number of pyridine rings is 1. The number of anilines is 1. The minimum atomic E-state index is -0.111. The summed E-state index contributed by atoms with van der Waals surface area (Å²) in [7, 11) is 0. The van der Waals surface area contributed by atoms with Crippen LogP contribution in [0.5, 0.6) is 0 Å². The molecular weight excluding hydrogens is 238 g/mol. The molecule has 1 fully saturated rings. The molecule has 1 aliphatic rings. The predicted octanol–water partition coefficient (Wildman–Crippen LogP) is 2.19. The lowest BCUT2D eigenvalue weighted by molar-refractivity contribution is -0.121. The number of halogens is 1. The highest BCUT2D eigenvalue weighted by Crippen LogP contribution is 2.25. The van der Waals surface area contributed by atoms with Crippen molar-refractivity contribution >= 4 is 23.2 Å². The van der Waals surface area contributed by atoms with Gasteiger partial charge < -0.3 is 11.1 Å². The highest BCUT2D eigenvalue weighted by Gasteiger charge is 2.28. The van der Waals surface area contributed by atoms with Crippen molar-refractivity contribution in [2.75, 3.05) is 5.32 Å². The van der Waals surface area contributed by atoms with Crippen LogP contribution in [0, 0.1) is 5.92 Å². The summed E-state index contributed by atoms with van der Waals surface area (Å²) in [4.78, 5) is 16.0. The molecule has 1 aromatic rings. The number of nitrogens with zero attached hydrogens (tertiary/aromatic N) is 1. The first-order valence-electron chi connectivity index (χ1n) is 5.85. The van der Waals surface area contributed by atoms with Gasteiger partial charge in [-0.15, -0.1) is 0 Å². The number of carbonyl (C=O) groups is 1. The maximum Gasteiger partial charge on any atom is 0.229 e. The van der Waals surface area contributed by atoms with Gasteiger partial charge in [0.25, 0.3) is 0 Å². The Labute approximate surface area is 106 Å². The molecule has 1 amide bonds. The van der Waals surface area contributed by atoms with Crippen LogP contribution < -0.4 is 11.1 Å². The van der Waals surface area contributed by atoms with Gasteiger partial charge in [-0.05, 0) is 25.0 Å². The number of rotatable bonds is 2. The minimum Gasteiger partial charge on any atom is -0.327 e. The zero-order chi connectivity index (χ0) is 12.3. The third-order valence-electron chi connectivity index (χ3n) is 3.17. The summed E-state index contributed by atoms with van der Waals surface area (Å²) in [6.07, 6.45) is 5.53. The van der Waals surface area contributed by atoms with Crippen molar-refractivity contribution in [2.45, 2.75) is 31.7 Å². The van der Waals surface area contributed by atoms with E-state index >= 15 is 0 Å². The first-order valence-corrected chi connectivity index (χ1v) is 6.23. The molecule has 2 rings (SSSR count). The van der Waals surface area contributed by atoms with Gasteiger partial charge in [-0.3, -0.25) is 4.79 Å². The predicted molar refractivity (Wildman–Crippen MR) is 67.8 cm³/mol. The van der Waals surface area contributed by atoms with Gasteiger partial charge in [0.05, 0.1) is 11.6 Å². The van der Waals surface area contributed by atoms with Crippen molar-refractivity contribution in [3.63, 3.8) is 0 Å². The summed E-state index contributed by atoms with van der Waals surface area (Å²) in [5, 5.41) is 3.11. The molecular formula is C12H16ClN3O. The second-order valence-corrected chi connectivity index (χ2v) is 4.74. The first-order chi connectivity index (χ1) is 8.18. The van der Waals surface area contributed by atoms with E-state index in [1.54, 1.807) is 18.3 Å². The summed E-state index contributed by atoms with van der Waals surface area (Å²) < 4.78 is 0. The molecule has 0 saturated heterocycles. The number of amides is 1. The summed E-state index contributed by atoms with van der Waals surface area (Å²) in [6.45, 7) is 0. The Morgan fingerprint density at radius 1 is 1.47 bits per heavy atom. The van der Waals surface area contributed by atoms with Crippen LogP contribution in [0.2, 0.25) is 5.15 Å². The van der Waals surface area contributed by atoms with Crippen LogP contribution in [0.15, 0.2) is 18.3 Å². The molecule has 0 spiro atoms. The quantitative estimate of drug-likeness (QED) is 0.794. The molecule has 1 heterocycles. The average molecular weight is 254 g/mol. The van der Waals surface area contributed by atoms with Gasteiger partial charge in [0.1, 0.15) is 0 Å². The Balaban J connectivity index is 2.03. The number of nitrogens with two attached hydrogens (primary N) is 1. The summed E-state index contributed by atoms with van der Waals surface area (Å²) in [5.41, 5.74) is 6.51. The van der Waals surface area contributed by atoms with Crippen molar-refractivity contribution in [2.24, 2.45) is 11.7 Å². The third-order valence-corrected chi connectivity index (χ3v) is 3.47. The highest BCUT2D eigenvalue weighted by atomic mass is 35.5. The molecule has 2 atom stereocenters. The Morgan fingerprint density at radius 3 is 2.94 bits per heavy atom. The largest absolute Gasteiger partial charge is 0.327 e. The van der Waals surface area contributed by atoms with Crippen LogP contribution >= 0.6 is 11.6 Å². The Hall–Kier alpha value is -1.13. The van der Waals surface area contributed by atoms with Crippen LogP contribution in [0.1, 0.15) is 25.7 Å². The topological polar surface area (TPSA) is 68.0 Å². The van der Waals surface area contributed by atoms with Crippen molar-refractivity contribution in [1.82, 2.24) is 4.98 Å². The molecule has 0 aromatic carbocycles. The highest BCUT2D eigenvalue weighted by molar-refractivity contribution is 6.32. The van der Waals surface area contributed by atoms with E-state index in [0.717, 1.165) is 25.7 Å². The van der Waals surface area contributed by atoms with E-state index in [9.17, 15) is 4.79 Å². The van der Waals surface area contributed by atoms with Crippen LogP contribution in [0.25, 0.3) is 0 Å². The summed E-state index contributed by atoms with van der Waals surface area (Å²) >= 11 is 5.89. The molecule has 4 nitrogen and oxygen atoms in total. The molecule has 17 heavy (non-hydrogen) atoms. The normalized spacial score (nSPS) is 24.4. The zero-order valence-electron chi connectivity index (χ0n) is 9.53. The van der Waals surface area contributed by atoms with Crippen LogP contribution in [-0.2, 0) is 4.79 Å². The van der Waals surface area contributed by atoms with E-state index in [1.807, 2.05) is 0 Å². The van der Waals surface area contributed by atoms with Crippen molar-refractivity contribution in [3.8, 4) is 0 Å². The lowest BCUT2D eigenvalue weighted by atomic mass is 9.84. The molecule has 92 valence electrons. The third kappa shape index (κ3) is 2.96. The van der Waals surface area contributed by atoms with E-state index in [0.29, 0.717) is 10.8 Å². The fraction of sp³-hybridized carbons (Fsp3) is 0.500. The van der Waals surface area contributed by atoms with Crippen molar-refractivity contribution in [1.29, 1.82) is 0 Å². The molecule has 3 N–H and O–H groups in total. The van der Waals surface area contributed by atoms with E-state index in [-0.39, 0.29) is 17.9 Å². The van der Waals surface area contributed by atoms with E-state index in [4.69, 9.17) is 17.3 Å². The van der Waals surface area contributed by atoms with Gasteiger partial charge in [-0.2, -0.15) is 0 Å². The van der Waals surface area contributed by atoms with E-state index in [1.165, 1.54) is 0 Å². The number of nitrogens with one attached hydrogen (secondary N) is 1. The molecule has 5 heteroatoms. The fourth-order valence-corrected chi connectivity index (χ4v) is 2.36. The Bertz CT molecular complexity index is 410. The molecule has 1 saturated carbocycles. The second-order valence-electron chi connectivity index (χ2n) is 4.39. The summed E-state index contributed by atoms with van der Waals surface area (Å²) in [6, 6.07) is 3.43. The van der Waals surface area contributed by atoms with Gasteiger partial charge in [0.15, 0.2) is 5.15 Å². The number of carbonyl (C=O) groups excluding carboxylic acids is 1. The van der Waals surface area contributed by atoms with Gasteiger partial charge in [0, 0.05) is 12.2 Å². The van der Waals surface area contributed by atoms with Crippen LogP contribution in [0.4, 0.5) is 5.69 Å². The Morgan fingerprint density at radius 2 is 2.24 bits per heavy atom. The molecule has 1 aromatic heterocycles. The van der Waals surface area contributed by atoms with Crippen molar-refractivity contribution < 1.29 is 4.79 Å². The van der Waals surface area contributed by atoms with Gasteiger partial charge in [0.2, 0.25) is 5.91 Å². The fourth-order valence-electron chi connectivity index (χ4n) is 2.19. The smallest absolute Gasteiger partial charge is 0.229 e. The number of hydrogen-bond acceptors (Lipinski definition) is 3. The first kappa shape index (κ1) is 12.3. The second kappa shape index (κ2) is 5.47. The van der Waals surface area contributed by atoms with Gasteiger partial charge >= 0.3 is 0 Å². The summed E-state index contributed by atoms with van der Waals surface area (Å²) in [5.74, 6) is -0.160. The average Bonchev–Trinajstić information content (AvgIpc) is 2.32. The molecule has 1 aliphatic carbocycles. The maximum absolute atomic E-state index is 12.1. The number of hydrogen-bond donors (Lipinski definition) is 2. The lowest BCUT2D eigenvalue weighted by Crippen LogP contribution is -2.40. The molecule has 0 bridgehead atoms. The van der Waals surface area contributed by atoms with Crippen LogP contribution in [0.3, 0.4) is 0 Å². The van der Waals surface area contributed by atoms with Crippen LogP contribution in [-0.4, -0.2) is 16.9 Å². The van der Waals surface area contributed by atoms with E-state index < -0.39 is 0 Å². The Kier molecular flexibility index (Phi) is 3.97. The van der Waals surface area contributed by atoms with Gasteiger partial charge in [-0.25, -0.2) is 4.98 Å². The van der Waals surface area contributed by atoms with Crippen molar-refractivity contribution in [3.05, 3.63) is 23.5 Å². The molecule has 0 radical (unpaired) electrons.